The van der Waals surface area contributed by atoms with Crippen LogP contribution in [0.4, 0.5) is 5.82 Å². The molecular formula is C22H22N4O3. The quantitative estimate of drug-likeness (QED) is 0.720. The van der Waals surface area contributed by atoms with E-state index in [1.54, 1.807) is 30.3 Å². The Morgan fingerprint density at radius 1 is 1.17 bits per heavy atom. The maximum absolute atomic E-state index is 13.0. The van der Waals surface area contributed by atoms with Gasteiger partial charge in [-0.05, 0) is 49.1 Å². The molecule has 0 saturated heterocycles. The number of methoxy groups -OCH3 is 1. The first-order chi connectivity index (χ1) is 14.2. The summed E-state index contributed by atoms with van der Waals surface area (Å²) in [4.78, 5) is 27.6. The number of aromatic nitrogens is 3. The Kier molecular flexibility index (Phi) is 5.37. The highest BCUT2D eigenvalue weighted by atomic mass is 16.5. The Morgan fingerprint density at radius 3 is 2.72 bits per heavy atom. The third-order valence-electron chi connectivity index (χ3n) is 5.01. The largest absolute Gasteiger partial charge is 0.497 e. The van der Waals surface area contributed by atoms with Crippen LogP contribution in [0.5, 0.6) is 11.6 Å². The van der Waals surface area contributed by atoms with Crippen LogP contribution >= 0.6 is 0 Å². The fourth-order valence-electron chi connectivity index (χ4n) is 3.46. The van der Waals surface area contributed by atoms with Crippen molar-refractivity contribution in [3.63, 3.8) is 0 Å². The summed E-state index contributed by atoms with van der Waals surface area (Å²) in [6, 6.07) is 13.1. The first-order valence-electron chi connectivity index (χ1n) is 9.60. The predicted molar refractivity (Wildman–Crippen MR) is 109 cm³/mol. The normalized spacial score (nSPS) is 13.1. The van der Waals surface area contributed by atoms with Crippen molar-refractivity contribution >= 4 is 11.7 Å². The molecule has 1 amide bonds. The SMILES string of the molecule is COc1ccc(CCC(=O)N2CCCc3c(O)nc(-c4ccccn4)nc32)cc1. The molecular weight excluding hydrogens is 368 g/mol. The highest BCUT2D eigenvalue weighted by molar-refractivity contribution is 5.94. The van der Waals surface area contributed by atoms with Gasteiger partial charge in [0.05, 0.1) is 12.7 Å². The van der Waals surface area contributed by atoms with Gasteiger partial charge in [0.1, 0.15) is 17.3 Å². The van der Waals surface area contributed by atoms with Gasteiger partial charge in [-0.15, -0.1) is 0 Å². The first kappa shape index (κ1) is 18.9. The molecule has 3 heterocycles. The molecule has 0 unspecified atom stereocenters. The number of nitrogens with zero attached hydrogens (tertiary/aromatic N) is 4. The lowest BCUT2D eigenvalue weighted by atomic mass is 10.0. The number of ether oxygens (including phenoxy) is 1. The van der Waals surface area contributed by atoms with Crippen LogP contribution in [-0.2, 0) is 17.6 Å². The van der Waals surface area contributed by atoms with E-state index in [2.05, 4.69) is 15.0 Å². The molecule has 0 aliphatic carbocycles. The second kappa shape index (κ2) is 8.26. The summed E-state index contributed by atoms with van der Waals surface area (Å²) in [5.41, 5.74) is 2.24. The Hall–Kier alpha value is -3.48. The maximum Gasteiger partial charge on any atom is 0.228 e. The lowest BCUT2D eigenvalue weighted by Crippen LogP contribution is -2.36. The number of pyridine rings is 1. The number of fused-ring (bicyclic) bond motifs is 1. The number of amides is 1. The smallest absolute Gasteiger partial charge is 0.228 e. The summed E-state index contributed by atoms with van der Waals surface area (Å²) in [6.45, 7) is 0.576. The molecule has 7 heteroatoms. The van der Waals surface area contributed by atoms with Gasteiger partial charge in [-0.25, -0.2) is 4.98 Å². The maximum atomic E-state index is 13.0. The molecule has 7 nitrogen and oxygen atoms in total. The van der Waals surface area contributed by atoms with Crippen LogP contribution in [0.3, 0.4) is 0 Å². The fourth-order valence-corrected chi connectivity index (χ4v) is 3.46. The molecule has 3 aromatic rings. The molecule has 1 aromatic carbocycles. The molecule has 0 fully saturated rings. The Labute approximate surface area is 169 Å². The van der Waals surface area contributed by atoms with Crippen molar-refractivity contribution in [3.05, 3.63) is 59.8 Å². The van der Waals surface area contributed by atoms with Gasteiger partial charge >= 0.3 is 0 Å². The van der Waals surface area contributed by atoms with E-state index < -0.39 is 0 Å². The van der Waals surface area contributed by atoms with Gasteiger partial charge in [-0.2, -0.15) is 4.98 Å². The van der Waals surface area contributed by atoms with E-state index in [0.29, 0.717) is 48.7 Å². The Balaban J connectivity index is 1.56. The van der Waals surface area contributed by atoms with Crippen molar-refractivity contribution < 1.29 is 14.6 Å². The van der Waals surface area contributed by atoms with Crippen molar-refractivity contribution in [2.75, 3.05) is 18.6 Å². The summed E-state index contributed by atoms with van der Waals surface area (Å²) < 4.78 is 5.17. The average molecular weight is 390 g/mol. The summed E-state index contributed by atoms with van der Waals surface area (Å²) >= 11 is 0. The van der Waals surface area contributed by atoms with Crippen LogP contribution < -0.4 is 9.64 Å². The molecule has 0 radical (unpaired) electrons. The summed E-state index contributed by atoms with van der Waals surface area (Å²) in [5.74, 6) is 1.50. The molecule has 0 spiro atoms. The third kappa shape index (κ3) is 4.03. The predicted octanol–water partition coefficient (Wildman–Crippen LogP) is 3.16. The number of hydrogen-bond donors (Lipinski definition) is 1. The van der Waals surface area contributed by atoms with Crippen LogP contribution in [0.15, 0.2) is 48.7 Å². The zero-order valence-corrected chi connectivity index (χ0v) is 16.2. The van der Waals surface area contributed by atoms with Gasteiger partial charge in [0.25, 0.3) is 0 Å². The van der Waals surface area contributed by atoms with Crippen LogP contribution in [0.25, 0.3) is 11.5 Å². The van der Waals surface area contributed by atoms with Gasteiger partial charge in [0.15, 0.2) is 5.82 Å². The van der Waals surface area contributed by atoms with E-state index in [1.807, 2.05) is 30.3 Å². The molecule has 2 aromatic heterocycles. The minimum absolute atomic E-state index is 0.0214. The highest BCUT2D eigenvalue weighted by Gasteiger charge is 2.27. The molecule has 0 atom stereocenters. The van der Waals surface area contributed by atoms with E-state index in [9.17, 15) is 9.90 Å². The topological polar surface area (TPSA) is 88.4 Å². The van der Waals surface area contributed by atoms with Crippen LogP contribution in [-0.4, -0.2) is 39.6 Å². The Bertz CT molecular complexity index is 1010. The van der Waals surface area contributed by atoms with Crippen molar-refractivity contribution in [1.29, 1.82) is 0 Å². The van der Waals surface area contributed by atoms with Crippen molar-refractivity contribution in [3.8, 4) is 23.1 Å². The lowest BCUT2D eigenvalue weighted by molar-refractivity contribution is -0.118. The summed E-state index contributed by atoms with van der Waals surface area (Å²) in [5, 5.41) is 10.4. The van der Waals surface area contributed by atoms with Crippen molar-refractivity contribution in [2.24, 2.45) is 0 Å². The monoisotopic (exact) mass is 390 g/mol. The molecule has 0 bridgehead atoms. The average Bonchev–Trinajstić information content (AvgIpc) is 2.78. The number of aromatic hydroxyl groups is 1. The van der Waals surface area contributed by atoms with Crippen LogP contribution in [0.2, 0.25) is 0 Å². The number of carbonyl (C=O) groups excluding carboxylic acids is 1. The number of benzene rings is 1. The fraction of sp³-hybridized carbons (Fsp3) is 0.273. The van der Waals surface area contributed by atoms with E-state index in [1.165, 1.54) is 0 Å². The zero-order chi connectivity index (χ0) is 20.2. The lowest BCUT2D eigenvalue weighted by Gasteiger charge is -2.28. The van der Waals surface area contributed by atoms with E-state index >= 15 is 0 Å². The van der Waals surface area contributed by atoms with E-state index in [0.717, 1.165) is 17.7 Å². The minimum atomic E-state index is -0.0803. The molecule has 0 saturated carbocycles. The first-order valence-corrected chi connectivity index (χ1v) is 9.60. The number of aryl methyl sites for hydroxylation is 1. The van der Waals surface area contributed by atoms with Crippen LogP contribution in [0.1, 0.15) is 24.0 Å². The standard InChI is InChI=1S/C22H22N4O3/c1-29-16-10-7-15(8-11-16)9-12-19(27)26-14-4-5-17-21(26)24-20(25-22(17)28)18-6-2-3-13-23-18/h2-3,6-8,10-11,13H,4-5,9,12,14H2,1H3,(H,24,25,28). The van der Waals surface area contributed by atoms with Gasteiger partial charge in [0.2, 0.25) is 11.8 Å². The summed E-state index contributed by atoms with van der Waals surface area (Å²) in [7, 11) is 1.63. The number of carbonyl (C=O) groups is 1. The molecule has 4 rings (SSSR count). The molecule has 1 aliphatic rings. The molecule has 148 valence electrons. The highest BCUT2D eigenvalue weighted by Crippen LogP contribution is 2.33. The van der Waals surface area contributed by atoms with Gasteiger partial charge < -0.3 is 9.84 Å². The zero-order valence-electron chi connectivity index (χ0n) is 16.2. The minimum Gasteiger partial charge on any atom is -0.497 e. The van der Waals surface area contributed by atoms with Crippen molar-refractivity contribution in [1.82, 2.24) is 15.0 Å². The van der Waals surface area contributed by atoms with Gasteiger partial charge in [-0.3, -0.25) is 14.7 Å². The third-order valence-corrected chi connectivity index (χ3v) is 5.01. The number of rotatable bonds is 5. The van der Waals surface area contributed by atoms with Gasteiger partial charge in [-0.1, -0.05) is 18.2 Å². The summed E-state index contributed by atoms with van der Waals surface area (Å²) in [6.07, 6.45) is 4.04. The number of hydrogen-bond acceptors (Lipinski definition) is 6. The molecule has 1 N–H and O–H groups in total. The Morgan fingerprint density at radius 2 is 2.00 bits per heavy atom. The van der Waals surface area contributed by atoms with E-state index in [4.69, 9.17) is 4.74 Å². The second-order valence-corrected chi connectivity index (χ2v) is 6.88. The van der Waals surface area contributed by atoms with Crippen LogP contribution in [0, 0.1) is 0 Å². The van der Waals surface area contributed by atoms with Crippen molar-refractivity contribution in [2.45, 2.75) is 25.7 Å². The van der Waals surface area contributed by atoms with E-state index in [-0.39, 0.29) is 11.8 Å². The molecule has 29 heavy (non-hydrogen) atoms. The number of anilines is 1. The second-order valence-electron chi connectivity index (χ2n) is 6.88. The van der Waals surface area contributed by atoms with Gasteiger partial charge in [0, 0.05) is 19.2 Å². The molecule has 1 aliphatic heterocycles.